The molecule has 0 saturated carbocycles. The highest BCUT2D eigenvalue weighted by Gasteiger charge is 2.36. The first-order valence-corrected chi connectivity index (χ1v) is 9.66. The van der Waals surface area contributed by atoms with Crippen molar-refractivity contribution in [3.05, 3.63) is 53.7 Å². The van der Waals surface area contributed by atoms with Crippen molar-refractivity contribution in [1.29, 1.82) is 0 Å². The minimum absolute atomic E-state index is 0.00970. The van der Waals surface area contributed by atoms with Crippen LogP contribution in [0.5, 0.6) is 5.75 Å². The summed E-state index contributed by atoms with van der Waals surface area (Å²) in [6.45, 7) is 5.67. The number of aromatic nitrogens is 3. The van der Waals surface area contributed by atoms with Gasteiger partial charge in [0.1, 0.15) is 5.75 Å². The average Bonchev–Trinajstić information content (AvgIpc) is 3.32. The van der Waals surface area contributed by atoms with E-state index in [4.69, 9.17) is 4.52 Å². The van der Waals surface area contributed by atoms with Crippen molar-refractivity contribution in [2.45, 2.75) is 38.7 Å². The topological polar surface area (TPSA) is 63.9 Å². The molecule has 0 aliphatic rings. The zero-order valence-electron chi connectivity index (χ0n) is 17.5. The molecular formula is C22H17F6N3O2. The summed E-state index contributed by atoms with van der Waals surface area (Å²) in [7, 11) is 0. The Labute approximate surface area is 183 Å². The average molecular weight is 469 g/mol. The third kappa shape index (κ3) is 4.67. The van der Waals surface area contributed by atoms with Gasteiger partial charge < -0.3 is 14.2 Å². The number of rotatable bonds is 3. The Balaban J connectivity index is 1.89. The molecule has 11 heteroatoms. The van der Waals surface area contributed by atoms with Crippen LogP contribution in [0, 0.1) is 0 Å². The molecule has 174 valence electrons. The summed E-state index contributed by atoms with van der Waals surface area (Å²) in [5, 5.41) is 3.94. The van der Waals surface area contributed by atoms with Crippen LogP contribution >= 0.6 is 0 Å². The van der Waals surface area contributed by atoms with Crippen LogP contribution in [0.3, 0.4) is 0 Å². The molecular weight excluding hydrogens is 452 g/mol. The van der Waals surface area contributed by atoms with Crippen LogP contribution in [-0.2, 0) is 11.6 Å². The van der Waals surface area contributed by atoms with Crippen molar-refractivity contribution in [3.63, 3.8) is 0 Å². The van der Waals surface area contributed by atoms with Crippen molar-refractivity contribution in [1.82, 2.24) is 15.1 Å². The second kappa shape index (κ2) is 7.53. The molecule has 0 aliphatic carbocycles. The molecule has 0 aliphatic heterocycles. The number of nitrogens with one attached hydrogen (secondary N) is 1. The second-order valence-corrected chi connectivity index (χ2v) is 8.37. The van der Waals surface area contributed by atoms with Crippen LogP contribution in [0.2, 0.25) is 0 Å². The lowest BCUT2D eigenvalue weighted by Crippen LogP contribution is -2.17. The largest absolute Gasteiger partial charge is 0.573 e. The van der Waals surface area contributed by atoms with E-state index >= 15 is 0 Å². The molecule has 0 radical (unpaired) electrons. The zero-order valence-corrected chi connectivity index (χ0v) is 17.5. The predicted molar refractivity (Wildman–Crippen MR) is 107 cm³/mol. The molecule has 1 N–H and O–H groups in total. The van der Waals surface area contributed by atoms with Crippen LogP contribution in [-0.4, -0.2) is 21.5 Å². The van der Waals surface area contributed by atoms with E-state index in [1.165, 1.54) is 24.3 Å². The van der Waals surface area contributed by atoms with Gasteiger partial charge >= 0.3 is 12.5 Å². The molecule has 33 heavy (non-hydrogen) atoms. The molecule has 4 aromatic rings. The molecule has 0 bridgehead atoms. The number of fused-ring (bicyclic) bond motifs is 1. The highest BCUT2D eigenvalue weighted by Crippen LogP contribution is 2.41. The van der Waals surface area contributed by atoms with Gasteiger partial charge in [-0.05, 0) is 23.8 Å². The van der Waals surface area contributed by atoms with Crippen LogP contribution < -0.4 is 4.74 Å². The van der Waals surface area contributed by atoms with Gasteiger partial charge in [0.2, 0.25) is 5.76 Å². The second-order valence-electron chi connectivity index (χ2n) is 8.37. The first-order chi connectivity index (χ1) is 15.2. The lowest BCUT2D eigenvalue weighted by atomic mass is 9.92. The van der Waals surface area contributed by atoms with Crippen LogP contribution in [0.1, 0.15) is 32.0 Å². The van der Waals surface area contributed by atoms with Crippen molar-refractivity contribution in [3.8, 4) is 28.5 Å². The molecule has 0 amide bonds. The Kier molecular flexibility index (Phi) is 5.18. The summed E-state index contributed by atoms with van der Waals surface area (Å²) in [4.78, 5) is 6.80. The number of nitrogens with zero attached hydrogens (tertiary/aromatic N) is 2. The van der Waals surface area contributed by atoms with Gasteiger partial charge in [0.05, 0.1) is 22.3 Å². The first-order valence-electron chi connectivity index (χ1n) is 9.66. The molecule has 4 rings (SSSR count). The van der Waals surface area contributed by atoms with E-state index in [0.717, 1.165) is 12.1 Å². The first kappa shape index (κ1) is 22.7. The predicted octanol–water partition coefficient (Wildman–Crippen LogP) is 7.10. The minimum atomic E-state index is -5.01. The maximum atomic E-state index is 13.9. The number of benzene rings is 2. The number of halogens is 6. The Morgan fingerprint density at radius 2 is 1.64 bits per heavy atom. The molecule has 0 unspecified atom stereocenters. The smallest absolute Gasteiger partial charge is 0.405 e. The molecule has 0 spiro atoms. The lowest BCUT2D eigenvalue weighted by molar-refractivity contribution is -0.274. The summed E-state index contributed by atoms with van der Waals surface area (Å²) in [6.07, 6.45) is -9.82. The van der Waals surface area contributed by atoms with Crippen molar-refractivity contribution < 1.29 is 35.6 Å². The number of hydrogen-bond acceptors (Lipinski definition) is 4. The Morgan fingerprint density at radius 3 is 2.24 bits per heavy atom. The number of para-hydroxylation sites is 1. The van der Waals surface area contributed by atoms with Gasteiger partial charge in [-0.15, -0.1) is 13.2 Å². The quantitative estimate of drug-likeness (QED) is 0.325. The van der Waals surface area contributed by atoms with Gasteiger partial charge in [-0.1, -0.05) is 44.1 Å². The molecule has 0 fully saturated rings. The zero-order chi connectivity index (χ0) is 24.2. The van der Waals surface area contributed by atoms with E-state index in [9.17, 15) is 26.3 Å². The van der Waals surface area contributed by atoms with E-state index in [1.807, 2.05) is 20.8 Å². The van der Waals surface area contributed by atoms with E-state index in [0.29, 0.717) is 5.69 Å². The van der Waals surface area contributed by atoms with Gasteiger partial charge in [0, 0.05) is 17.0 Å². The standard InChI is InChI=1S/C22H17F6N3O2/c1-20(2,3)17-10-16(33-31-17)19-29-14-9-11(8-13(18(14)30-19)21(23,24)25)12-6-4-5-7-15(12)32-22(26,27)28/h4-10H,1-3H3,(H,29,30). The van der Waals surface area contributed by atoms with Gasteiger partial charge in [0.25, 0.3) is 0 Å². The number of alkyl halides is 6. The van der Waals surface area contributed by atoms with Crippen LogP contribution in [0.25, 0.3) is 33.7 Å². The summed E-state index contributed by atoms with van der Waals surface area (Å²) >= 11 is 0. The Morgan fingerprint density at radius 1 is 0.939 bits per heavy atom. The highest BCUT2D eigenvalue weighted by molar-refractivity contribution is 5.88. The number of ether oxygens (including phenoxy) is 1. The maximum absolute atomic E-state index is 13.9. The number of imidazole rings is 1. The third-order valence-corrected chi connectivity index (χ3v) is 4.83. The monoisotopic (exact) mass is 469 g/mol. The molecule has 0 saturated heterocycles. The van der Waals surface area contributed by atoms with Gasteiger partial charge in [-0.25, -0.2) is 4.98 Å². The summed E-state index contributed by atoms with van der Waals surface area (Å²) < 4.78 is 89.2. The number of H-pyrrole nitrogens is 1. The summed E-state index contributed by atoms with van der Waals surface area (Å²) in [6, 6.07) is 8.53. The molecule has 0 atom stereocenters. The van der Waals surface area contributed by atoms with Crippen molar-refractivity contribution >= 4 is 11.0 Å². The summed E-state index contributed by atoms with van der Waals surface area (Å²) in [5.74, 6) is -0.486. The highest BCUT2D eigenvalue weighted by atomic mass is 19.4. The maximum Gasteiger partial charge on any atom is 0.573 e. The van der Waals surface area contributed by atoms with E-state index in [1.54, 1.807) is 6.07 Å². The third-order valence-electron chi connectivity index (χ3n) is 4.83. The minimum Gasteiger partial charge on any atom is -0.405 e. The van der Waals surface area contributed by atoms with Crippen molar-refractivity contribution in [2.75, 3.05) is 0 Å². The number of aromatic amines is 1. The lowest BCUT2D eigenvalue weighted by Gasteiger charge is -2.15. The van der Waals surface area contributed by atoms with Gasteiger partial charge in [-0.3, -0.25) is 0 Å². The summed E-state index contributed by atoms with van der Waals surface area (Å²) in [5.41, 5.74) is -1.61. The van der Waals surface area contributed by atoms with Crippen LogP contribution in [0.15, 0.2) is 47.0 Å². The number of hydrogen-bond donors (Lipinski definition) is 1. The van der Waals surface area contributed by atoms with E-state index in [-0.39, 0.29) is 39.2 Å². The Bertz CT molecular complexity index is 1310. The van der Waals surface area contributed by atoms with E-state index in [2.05, 4.69) is 19.9 Å². The molecule has 2 aromatic carbocycles. The fourth-order valence-electron chi connectivity index (χ4n) is 3.27. The molecule has 2 aromatic heterocycles. The molecule has 5 nitrogen and oxygen atoms in total. The molecule has 2 heterocycles. The fraction of sp³-hybridized carbons (Fsp3) is 0.273. The Hall–Kier alpha value is -3.50. The van der Waals surface area contributed by atoms with Crippen LogP contribution in [0.4, 0.5) is 26.3 Å². The van der Waals surface area contributed by atoms with Gasteiger partial charge in [0.15, 0.2) is 5.82 Å². The van der Waals surface area contributed by atoms with Crippen molar-refractivity contribution in [2.24, 2.45) is 0 Å². The normalized spacial score (nSPS) is 13.0. The van der Waals surface area contributed by atoms with E-state index < -0.39 is 23.9 Å². The fourth-order valence-corrected chi connectivity index (χ4v) is 3.27. The SMILES string of the molecule is CC(C)(C)c1cc(-c2nc3cc(-c4ccccc4OC(F)(F)F)cc(C(F)(F)F)c3[nH]2)on1. The van der Waals surface area contributed by atoms with Gasteiger partial charge in [-0.2, -0.15) is 13.2 Å².